The molecule has 0 spiro atoms. The van der Waals surface area contributed by atoms with Crippen LogP contribution in [0.4, 0.5) is 5.82 Å². The second kappa shape index (κ2) is 6.44. The maximum atomic E-state index is 12.6. The lowest BCUT2D eigenvalue weighted by Crippen LogP contribution is -2.71. The van der Waals surface area contributed by atoms with Gasteiger partial charge in [0, 0.05) is 18.2 Å². The van der Waals surface area contributed by atoms with Crippen molar-refractivity contribution in [3.63, 3.8) is 0 Å². The second-order valence-corrected chi connectivity index (χ2v) is 7.45. The van der Waals surface area contributed by atoms with Gasteiger partial charge in [0.2, 0.25) is 0 Å². The van der Waals surface area contributed by atoms with Crippen molar-refractivity contribution in [2.75, 3.05) is 18.7 Å². The molecular formula is C19H19N3O7. The van der Waals surface area contributed by atoms with Gasteiger partial charge in [-0.2, -0.15) is 4.98 Å². The number of anilines is 1. The summed E-state index contributed by atoms with van der Waals surface area (Å²) in [6.07, 6.45) is -0.0398. The number of amides is 1. The molecule has 1 aliphatic carbocycles. The van der Waals surface area contributed by atoms with Crippen molar-refractivity contribution in [2.45, 2.75) is 30.1 Å². The Labute approximate surface area is 164 Å². The fourth-order valence-electron chi connectivity index (χ4n) is 4.47. The number of aliphatic hydroxyl groups excluding tert-OH is 1. The quantitative estimate of drug-likeness (QED) is 0.644. The standard InChI is InChI=1S/C19H19N3O7/c23-9-18-8-19(26)14(18)13(27-10-28-19)16(29-18)22-7-6-12(21-17(22)25)20-15(24)11-4-2-1-3-5-11/h1-7,13-14,16,23,26H,8-10H2,(H,20,21,24,25)/t13?,14?,16-,18-,19?/m1/s1. The first-order chi connectivity index (χ1) is 14.0. The molecule has 3 N–H and O–H groups in total. The van der Waals surface area contributed by atoms with E-state index in [1.165, 1.54) is 16.8 Å². The van der Waals surface area contributed by atoms with Crippen LogP contribution >= 0.6 is 0 Å². The van der Waals surface area contributed by atoms with Gasteiger partial charge in [0.15, 0.2) is 18.8 Å². The lowest BCUT2D eigenvalue weighted by atomic mass is 9.63. The number of aliphatic hydroxyl groups is 2. The molecule has 3 heterocycles. The van der Waals surface area contributed by atoms with E-state index in [1.807, 2.05) is 0 Å². The van der Waals surface area contributed by atoms with Crippen LogP contribution in [0.25, 0.3) is 0 Å². The van der Waals surface area contributed by atoms with Crippen LogP contribution in [0.5, 0.6) is 0 Å². The Morgan fingerprint density at radius 2 is 2.10 bits per heavy atom. The maximum Gasteiger partial charge on any atom is 0.351 e. The van der Waals surface area contributed by atoms with Crippen LogP contribution in [0.3, 0.4) is 0 Å². The topological polar surface area (TPSA) is 132 Å². The van der Waals surface area contributed by atoms with Crippen LogP contribution in [0.1, 0.15) is 23.0 Å². The lowest BCUT2D eigenvalue weighted by molar-refractivity contribution is -0.403. The van der Waals surface area contributed by atoms with Crippen LogP contribution in [0.15, 0.2) is 47.4 Å². The third-order valence-electron chi connectivity index (χ3n) is 5.79. The Hall–Kier alpha value is -2.63. The molecule has 2 aliphatic heterocycles. The molecule has 1 saturated carbocycles. The number of benzene rings is 1. The number of nitrogens with one attached hydrogen (secondary N) is 1. The fourth-order valence-corrected chi connectivity index (χ4v) is 4.47. The predicted octanol–water partition coefficient (Wildman–Crippen LogP) is -0.163. The van der Waals surface area contributed by atoms with E-state index in [4.69, 9.17) is 14.2 Å². The number of nitrogens with zero attached hydrogens (tertiary/aromatic N) is 2. The molecule has 3 aliphatic rings. The van der Waals surface area contributed by atoms with Crippen molar-refractivity contribution >= 4 is 11.7 Å². The fraction of sp³-hybridized carbons (Fsp3) is 0.421. The summed E-state index contributed by atoms with van der Waals surface area (Å²) < 4.78 is 18.1. The molecule has 5 rings (SSSR count). The number of hydrogen-bond donors (Lipinski definition) is 3. The van der Waals surface area contributed by atoms with Gasteiger partial charge in [-0.1, -0.05) is 18.2 Å². The van der Waals surface area contributed by atoms with Crippen LogP contribution in [-0.2, 0) is 14.2 Å². The van der Waals surface area contributed by atoms with E-state index in [9.17, 15) is 19.8 Å². The minimum Gasteiger partial charge on any atom is -0.393 e. The monoisotopic (exact) mass is 401 g/mol. The van der Waals surface area contributed by atoms with Crippen molar-refractivity contribution in [3.05, 3.63) is 58.6 Å². The van der Waals surface area contributed by atoms with Crippen molar-refractivity contribution < 1.29 is 29.2 Å². The normalized spacial score (nSPS) is 34.9. The molecule has 0 bridgehead atoms. The number of aromatic nitrogens is 2. The summed E-state index contributed by atoms with van der Waals surface area (Å²) in [5.41, 5.74) is -1.26. The van der Waals surface area contributed by atoms with E-state index in [1.54, 1.807) is 30.3 Å². The summed E-state index contributed by atoms with van der Waals surface area (Å²) in [4.78, 5) is 28.8. The highest BCUT2D eigenvalue weighted by Crippen LogP contribution is 2.61. The second-order valence-electron chi connectivity index (χ2n) is 7.45. The van der Waals surface area contributed by atoms with E-state index in [0.29, 0.717) is 5.56 Å². The third kappa shape index (κ3) is 2.72. The molecule has 29 heavy (non-hydrogen) atoms. The number of hydrogen-bond acceptors (Lipinski definition) is 8. The Morgan fingerprint density at radius 3 is 2.83 bits per heavy atom. The van der Waals surface area contributed by atoms with Gasteiger partial charge in [-0.15, -0.1) is 0 Å². The van der Waals surface area contributed by atoms with E-state index < -0.39 is 35.3 Å². The van der Waals surface area contributed by atoms with Crippen LogP contribution in [0, 0.1) is 5.92 Å². The van der Waals surface area contributed by atoms with Crippen molar-refractivity contribution in [1.82, 2.24) is 9.55 Å². The average molecular weight is 401 g/mol. The molecule has 0 radical (unpaired) electrons. The van der Waals surface area contributed by atoms with Crippen LogP contribution in [0.2, 0.25) is 0 Å². The van der Waals surface area contributed by atoms with Crippen molar-refractivity contribution in [1.29, 1.82) is 0 Å². The molecule has 152 valence electrons. The highest BCUT2D eigenvalue weighted by Gasteiger charge is 2.75. The molecule has 10 heteroatoms. The van der Waals surface area contributed by atoms with Gasteiger partial charge in [-0.25, -0.2) is 4.79 Å². The minimum absolute atomic E-state index is 0.0882. The zero-order valence-corrected chi connectivity index (χ0v) is 15.2. The minimum atomic E-state index is -1.44. The molecule has 1 aromatic heterocycles. The smallest absolute Gasteiger partial charge is 0.351 e. The van der Waals surface area contributed by atoms with Gasteiger partial charge in [-0.05, 0) is 18.2 Å². The van der Waals surface area contributed by atoms with Gasteiger partial charge in [-0.3, -0.25) is 9.36 Å². The Balaban J connectivity index is 1.40. The molecule has 3 fully saturated rings. The highest BCUT2D eigenvalue weighted by atomic mass is 16.8. The molecule has 3 unspecified atom stereocenters. The van der Waals surface area contributed by atoms with E-state index >= 15 is 0 Å². The lowest BCUT2D eigenvalue weighted by Gasteiger charge is -2.56. The first-order valence-corrected chi connectivity index (χ1v) is 9.18. The number of carbonyl (C=O) groups excluding carboxylic acids is 1. The van der Waals surface area contributed by atoms with Gasteiger partial charge in [0.1, 0.15) is 17.5 Å². The zero-order chi connectivity index (χ0) is 20.2. The maximum absolute atomic E-state index is 12.6. The number of rotatable bonds is 4. The van der Waals surface area contributed by atoms with Gasteiger partial charge in [0.25, 0.3) is 5.91 Å². The molecule has 2 aromatic rings. The molecule has 1 amide bonds. The number of ether oxygens (including phenoxy) is 3. The molecular weight excluding hydrogens is 382 g/mol. The van der Waals surface area contributed by atoms with E-state index in [0.717, 1.165) is 0 Å². The third-order valence-corrected chi connectivity index (χ3v) is 5.79. The van der Waals surface area contributed by atoms with E-state index in [-0.39, 0.29) is 31.5 Å². The summed E-state index contributed by atoms with van der Waals surface area (Å²) in [5.74, 6) is -2.35. The molecule has 10 nitrogen and oxygen atoms in total. The zero-order valence-electron chi connectivity index (χ0n) is 15.2. The molecule has 2 saturated heterocycles. The summed E-state index contributed by atoms with van der Waals surface area (Å²) in [5, 5.41) is 22.9. The summed E-state index contributed by atoms with van der Waals surface area (Å²) in [6, 6.07) is 10.0. The summed E-state index contributed by atoms with van der Waals surface area (Å²) >= 11 is 0. The summed E-state index contributed by atoms with van der Waals surface area (Å²) in [6.45, 7) is -0.487. The van der Waals surface area contributed by atoms with Gasteiger partial charge in [0.05, 0.1) is 12.5 Å². The molecule has 5 atom stereocenters. The first-order valence-electron chi connectivity index (χ1n) is 9.18. The predicted molar refractivity (Wildman–Crippen MR) is 96.7 cm³/mol. The Kier molecular flexibility index (Phi) is 4.09. The SMILES string of the molecule is O=C(Nc1ccn([C@@H]2O[C@@]3(CO)CC4(O)OCOC2C43)c(=O)n1)c1ccccc1. The number of carbonyl (C=O) groups is 1. The van der Waals surface area contributed by atoms with Crippen LogP contribution in [-0.4, -0.2) is 56.6 Å². The Morgan fingerprint density at radius 1 is 1.31 bits per heavy atom. The van der Waals surface area contributed by atoms with Crippen LogP contribution < -0.4 is 11.0 Å². The van der Waals surface area contributed by atoms with Gasteiger partial charge < -0.3 is 29.7 Å². The molecule has 1 aromatic carbocycles. The van der Waals surface area contributed by atoms with Crippen molar-refractivity contribution in [3.8, 4) is 0 Å². The highest BCUT2D eigenvalue weighted by molar-refractivity contribution is 6.03. The largest absolute Gasteiger partial charge is 0.393 e. The Bertz CT molecular complexity index is 1010. The van der Waals surface area contributed by atoms with E-state index in [2.05, 4.69) is 10.3 Å². The summed E-state index contributed by atoms with van der Waals surface area (Å²) in [7, 11) is 0. The van der Waals surface area contributed by atoms with Crippen molar-refractivity contribution in [2.24, 2.45) is 5.92 Å². The van der Waals surface area contributed by atoms with Gasteiger partial charge >= 0.3 is 5.69 Å². The first kappa shape index (κ1) is 18.4. The average Bonchev–Trinajstić information content (AvgIpc) is 3.02.